The number of halogens is 3. The summed E-state index contributed by atoms with van der Waals surface area (Å²) in [6, 6.07) is 0.604. The molecule has 1 aromatic heterocycles. The molecule has 3 heterocycles. The average Bonchev–Trinajstić information content (AvgIpc) is 2.67. The van der Waals surface area contributed by atoms with E-state index in [0.29, 0.717) is 18.8 Å². The van der Waals surface area contributed by atoms with E-state index < -0.39 is 29.9 Å². The van der Waals surface area contributed by atoms with E-state index in [9.17, 15) is 22.8 Å². The zero-order chi connectivity index (χ0) is 21.2. The van der Waals surface area contributed by atoms with Crippen molar-refractivity contribution in [1.29, 1.82) is 0 Å². The zero-order valence-corrected chi connectivity index (χ0v) is 16.8. The molecule has 2 aliphatic rings. The fraction of sp³-hybridized carbons (Fsp3) is 0.500. The van der Waals surface area contributed by atoms with Gasteiger partial charge in [-0.25, -0.2) is 13.2 Å². The number of likely N-dealkylation sites (N-methyl/N-ethyl adjacent to an activating group) is 1. The van der Waals surface area contributed by atoms with Crippen LogP contribution in [0.5, 0.6) is 0 Å². The van der Waals surface area contributed by atoms with Crippen molar-refractivity contribution in [3.05, 3.63) is 33.6 Å². The molecule has 1 aromatic carbocycles. The lowest BCUT2D eigenvalue weighted by molar-refractivity contribution is -0.121. The van der Waals surface area contributed by atoms with Crippen LogP contribution >= 0.6 is 0 Å². The van der Waals surface area contributed by atoms with Gasteiger partial charge >= 0.3 is 0 Å². The van der Waals surface area contributed by atoms with Gasteiger partial charge in [0.05, 0.1) is 17.7 Å². The van der Waals surface area contributed by atoms with Gasteiger partial charge in [0.1, 0.15) is 24.2 Å². The summed E-state index contributed by atoms with van der Waals surface area (Å²) in [5.41, 5.74) is -0.516. The monoisotopic (exact) mass is 408 g/mol. The van der Waals surface area contributed by atoms with Gasteiger partial charge in [0.15, 0.2) is 5.82 Å². The zero-order valence-electron chi connectivity index (χ0n) is 16.8. The summed E-state index contributed by atoms with van der Waals surface area (Å²) in [6.07, 6.45) is 0. The normalized spacial score (nSPS) is 22.2. The summed E-state index contributed by atoms with van der Waals surface area (Å²) >= 11 is 0. The maximum atomic E-state index is 15.0. The number of rotatable bonds is 2. The molecule has 2 aliphatic heterocycles. The number of anilines is 2. The number of hydrogen-bond acceptors (Lipinski definition) is 4. The molecule has 0 radical (unpaired) electrons. The van der Waals surface area contributed by atoms with Gasteiger partial charge in [-0.3, -0.25) is 14.5 Å². The molecule has 156 valence electrons. The van der Waals surface area contributed by atoms with Crippen LogP contribution in [0.2, 0.25) is 0 Å². The van der Waals surface area contributed by atoms with Crippen LogP contribution in [0.15, 0.2) is 10.9 Å². The highest BCUT2D eigenvalue weighted by atomic mass is 19.1. The third-order valence-corrected chi connectivity index (χ3v) is 6.21. The number of piperazine rings is 1. The molecule has 1 fully saturated rings. The van der Waals surface area contributed by atoms with Crippen LogP contribution in [0.1, 0.15) is 12.5 Å². The van der Waals surface area contributed by atoms with Crippen molar-refractivity contribution in [2.24, 2.45) is 7.05 Å². The molecule has 0 bridgehead atoms. The predicted molar refractivity (Wildman–Crippen MR) is 105 cm³/mol. The lowest BCUT2D eigenvalue weighted by atomic mass is 9.97. The van der Waals surface area contributed by atoms with E-state index in [0.717, 1.165) is 9.47 Å². The third-order valence-electron chi connectivity index (χ3n) is 6.21. The van der Waals surface area contributed by atoms with Crippen molar-refractivity contribution in [3.8, 4) is 0 Å². The predicted octanol–water partition coefficient (Wildman–Crippen LogP) is 1.95. The Balaban J connectivity index is 2.13. The van der Waals surface area contributed by atoms with E-state index in [1.807, 2.05) is 18.9 Å². The van der Waals surface area contributed by atoms with Crippen LogP contribution in [0.3, 0.4) is 0 Å². The van der Waals surface area contributed by atoms with Crippen LogP contribution in [-0.4, -0.2) is 60.8 Å². The molecule has 0 saturated carbocycles. The van der Waals surface area contributed by atoms with Crippen molar-refractivity contribution in [1.82, 2.24) is 9.47 Å². The van der Waals surface area contributed by atoms with Crippen molar-refractivity contribution in [3.63, 3.8) is 0 Å². The summed E-state index contributed by atoms with van der Waals surface area (Å²) in [4.78, 5) is 31.2. The number of carbonyl (C=O) groups is 1. The van der Waals surface area contributed by atoms with Gasteiger partial charge in [0.2, 0.25) is 0 Å². The summed E-state index contributed by atoms with van der Waals surface area (Å²) in [5.74, 6) is -1.92. The molecule has 2 atom stereocenters. The largest absolute Gasteiger partial charge is 0.354 e. The Morgan fingerprint density at radius 2 is 1.83 bits per heavy atom. The van der Waals surface area contributed by atoms with Gasteiger partial charge in [0.25, 0.3) is 11.5 Å². The maximum Gasteiger partial charge on any atom is 0.277 e. The lowest BCUT2D eigenvalue weighted by Gasteiger charge is -2.49. The van der Waals surface area contributed by atoms with Crippen LogP contribution < -0.4 is 15.4 Å². The number of benzene rings is 1. The number of amides is 1. The number of hydrogen-bond donors (Lipinski definition) is 0. The van der Waals surface area contributed by atoms with Crippen molar-refractivity contribution < 1.29 is 18.0 Å². The van der Waals surface area contributed by atoms with Gasteiger partial charge in [0, 0.05) is 37.1 Å². The highest BCUT2D eigenvalue weighted by Crippen LogP contribution is 2.42. The summed E-state index contributed by atoms with van der Waals surface area (Å²) in [7, 11) is 3.26. The second-order valence-electron chi connectivity index (χ2n) is 7.89. The molecule has 0 spiro atoms. The molecule has 1 saturated heterocycles. The average molecular weight is 408 g/mol. The number of pyridine rings is 1. The SMILES string of the molecule is Cc1c(F)cc2c3c(c(=O)n(C)c2c1F)N(CCF)C(=O)C1CN(C)C(C)CN31. The van der Waals surface area contributed by atoms with Crippen molar-refractivity contribution >= 4 is 28.2 Å². The molecular weight excluding hydrogens is 385 g/mol. The van der Waals surface area contributed by atoms with E-state index in [1.165, 1.54) is 20.0 Å². The standard InChI is InChI=1S/C20H23F3N4O2/c1-10-8-27-14(9-24(10)3)19(28)26(6-5-21)18-17(27)12-7-13(22)11(2)15(23)16(12)25(4)20(18)29/h7,10,14H,5-6,8-9H2,1-4H3. The summed E-state index contributed by atoms with van der Waals surface area (Å²) < 4.78 is 43.9. The van der Waals surface area contributed by atoms with Crippen molar-refractivity contribution in [2.75, 3.05) is 43.2 Å². The molecule has 6 nitrogen and oxygen atoms in total. The molecule has 4 rings (SSSR count). The fourth-order valence-electron chi connectivity index (χ4n) is 4.39. The molecule has 0 N–H and O–H groups in total. The maximum absolute atomic E-state index is 15.0. The Hall–Kier alpha value is -2.55. The first-order valence-electron chi connectivity index (χ1n) is 9.54. The van der Waals surface area contributed by atoms with Crippen LogP contribution in [0, 0.1) is 18.6 Å². The smallest absolute Gasteiger partial charge is 0.277 e. The summed E-state index contributed by atoms with van der Waals surface area (Å²) in [6.45, 7) is 2.95. The van der Waals surface area contributed by atoms with E-state index in [4.69, 9.17) is 0 Å². The second-order valence-corrected chi connectivity index (χ2v) is 7.89. The van der Waals surface area contributed by atoms with Crippen LogP contribution in [0.4, 0.5) is 24.5 Å². The number of alkyl halides is 1. The minimum atomic E-state index is -0.831. The Morgan fingerprint density at radius 3 is 2.48 bits per heavy atom. The van der Waals surface area contributed by atoms with Gasteiger partial charge in [-0.05, 0) is 27.0 Å². The van der Waals surface area contributed by atoms with Crippen LogP contribution in [-0.2, 0) is 11.8 Å². The lowest BCUT2D eigenvalue weighted by Crippen LogP contribution is -2.65. The van der Waals surface area contributed by atoms with Crippen LogP contribution in [0.25, 0.3) is 10.9 Å². The number of aromatic nitrogens is 1. The molecule has 1 amide bonds. The minimum absolute atomic E-state index is 0.0155. The molecular formula is C20H23F3N4O2. The highest BCUT2D eigenvalue weighted by Gasteiger charge is 2.45. The third kappa shape index (κ3) is 2.67. The molecule has 2 unspecified atom stereocenters. The summed E-state index contributed by atoms with van der Waals surface area (Å²) in [5, 5.41) is 0.209. The minimum Gasteiger partial charge on any atom is -0.354 e. The first-order chi connectivity index (χ1) is 13.7. The fourth-order valence-corrected chi connectivity index (χ4v) is 4.39. The molecule has 2 aromatic rings. The first kappa shape index (κ1) is 19.8. The Bertz CT molecular complexity index is 1080. The van der Waals surface area contributed by atoms with Crippen molar-refractivity contribution in [2.45, 2.75) is 25.9 Å². The number of aryl methyl sites for hydroxylation is 1. The first-order valence-corrected chi connectivity index (χ1v) is 9.54. The molecule has 0 aliphatic carbocycles. The van der Waals surface area contributed by atoms with E-state index in [1.54, 1.807) is 4.90 Å². The number of nitrogens with zero attached hydrogens (tertiary/aromatic N) is 4. The van der Waals surface area contributed by atoms with E-state index >= 15 is 0 Å². The van der Waals surface area contributed by atoms with Gasteiger partial charge < -0.3 is 14.4 Å². The van der Waals surface area contributed by atoms with E-state index in [2.05, 4.69) is 0 Å². The molecule has 29 heavy (non-hydrogen) atoms. The highest BCUT2D eigenvalue weighted by molar-refractivity contribution is 6.12. The Morgan fingerprint density at radius 1 is 1.14 bits per heavy atom. The Kier molecular flexibility index (Phi) is 4.60. The molecule has 9 heteroatoms. The van der Waals surface area contributed by atoms with Gasteiger partial charge in [-0.2, -0.15) is 0 Å². The number of carbonyl (C=O) groups excluding carboxylic acids is 1. The Labute approximate surface area is 166 Å². The topological polar surface area (TPSA) is 48.8 Å². The van der Waals surface area contributed by atoms with E-state index in [-0.39, 0.29) is 40.6 Å². The van der Waals surface area contributed by atoms with Gasteiger partial charge in [-0.15, -0.1) is 0 Å². The quantitative estimate of drug-likeness (QED) is 0.762. The second kappa shape index (κ2) is 6.76. The van der Waals surface area contributed by atoms with Gasteiger partial charge in [-0.1, -0.05) is 0 Å². The number of fused-ring (bicyclic) bond motifs is 5.